The van der Waals surface area contributed by atoms with Crippen LogP contribution in [0.25, 0.3) is 0 Å². The number of anilines is 1. The van der Waals surface area contributed by atoms with Gasteiger partial charge in [0.25, 0.3) is 0 Å². The number of hydrogen-bond donors (Lipinski definition) is 1. The van der Waals surface area contributed by atoms with Crippen molar-refractivity contribution in [2.45, 2.75) is 38.9 Å². The summed E-state index contributed by atoms with van der Waals surface area (Å²) in [6.45, 7) is 3.97. The van der Waals surface area contributed by atoms with E-state index in [2.05, 4.69) is 25.2 Å². The van der Waals surface area contributed by atoms with Crippen molar-refractivity contribution in [3.05, 3.63) is 34.9 Å². The molecule has 1 saturated heterocycles. The first-order valence-electron chi connectivity index (χ1n) is 8.62. The number of carbonyl (C=O) groups excluding carboxylic acids is 1. The molecular formula is C17H20F3N5OS. The van der Waals surface area contributed by atoms with E-state index in [1.807, 2.05) is 0 Å². The van der Waals surface area contributed by atoms with Gasteiger partial charge in [0, 0.05) is 49.9 Å². The van der Waals surface area contributed by atoms with Crippen LogP contribution in [0.2, 0.25) is 0 Å². The first kappa shape index (κ1) is 19.7. The Bertz CT molecular complexity index is 778. The molecule has 0 radical (unpaired) electrons. The van der Waals surface area contributed by atoms with E-state index < -0.39 is 11.7 Å². The Morgan fingerprint density at radius 1 is 1.30 bits per heavy atom. The molecule has 1 amide bonds. The van der Waals surface area contributed by atoms with Crippen molar-refractivity contribution in [1.82, 2.24) is 19.9 Å². The third-order valence-electron chi connectivity index (χ3n) is 4.32. The van der Waals surface area contributed by atoms with Gasteiger partial charge in [-0.25, -0.2) is 15.0 Å². The zero-order valence-electron chi connectivity index (χ0n) is 14.8. The van der Waals surface area contributed by atoms with Gasteiger partial charge in [-0.3, -0.25) is 9.69 Å². The first-order valence-corrected chi connectivity index (χ1v) is 9.44. The number of likely N-dealkylation sites (tertiary alicyclic amines) is 1. The lowest BCUT2D eigenvalue weighted by Gasteiger charge is -2.32. The van der Waals surface area contributed by atoms with Crippen molar-refractivity contribution in [1.29, 1.82) is 0 Å². The molecule has 0 saturated carbocycles. The fraction of sp³-hybridized carbons (Fsp3) is 0.529. The number of thiazole rings is 1. The number of amides is 1. The van der Waals surface area contributed by atoms with Crippen LogP contribution >= 0.6 is 11.3 Å². The van der Waals surface area contributed by atoms with Crippen LogP contribution < -0.4 is 5.32 Å². The lowest BCUT2D eigenvalue weighted by Crippen LogP contribution is -2.35. The number of piperidine rings is 1. The summed E-state index contributed by atoms with van der Waals surface area (Å²) >= 11 is 1.45. The molecule has 10 heteroatoms. The molecule has 1 fully saturated rings. The Balaban J connectivity index is 1.54. The Morgan fingerprint density at radius 3 is 2.70 bits per heavy atom. The summed E-state index contributed by atoms with van der Waals surface area (Å²) in [5.41, 5.74) is -0.823. The van der Waals surface area contributed by atoms with E-state index in [9.17, 15) is 18.0 Å². The van der Waals surface area contributed by atoms with E-state index in [0.29, 0.717) is 23.3 Å². The van der Waals surface area contributed by atoms with Gasteiger partial charge >= 0.3 is 6.18 Å². The number of nitrogens with zero attached hydrogens (tertiary/aromatic N) is 4. The molecular weight excluding hydrogens is 379 g/mol. The number of nitrogens with one attached hydrogen (secondary N) is 1. The van der Waals surface area contributed by atoms with Gasteiger partial charge in [0.2, 0.25) is 5.91 Å². The molecule has 1 N–H and O–H groups in total. The monoisotopic (exact) mass is 399 g/mol. The maximum absolute atomic E-state index is 12.6. The van der Waals surface area contributed by atoms with E-state index in [0.717, 1.165) is 49.7 Å². The van der Waals surface area contributed by atoms with Crippen LogP contribution in [0.1, 0.15) is 36.0 Å². The van der Waals surface area contributed by atoms with Crippen molar-refractivity contribution in [3.63, 3.8) is 0 Å². The summed E-state index contributed by atoms with van der Waals surface area (Å²) in [5, 5.41) is 3.26. The maximum Gasteiger partial charge on any atom is 0.419 e. The van der Waals surface area contributed by atoms with Crippen LogP contribution in [0.4, 0.5) is 18.3 Å². The molecule has 0 aromatic carbocycles. The first-order chi connectivity index (χ1) is 12.8. The van der Waals surface area contributed by atoms with E-state index in [4.69, 9.17) is 0 Å². The second-order valence-corrected chi connectivity index (χ2v) is 7.76. The number of rotatable bonds is 5. The van der Waals surface area contributed by atoms with Crippen LogP contribution in [0, 0.1) is 5.92 Å². The topological polar surface area (TPSA) is 71.0 Å². The van der Waals surface area contributed by atoms with Gasteiger partial charge in [0.05, 0.1) is 5.56 Å². The van der Waals surface area contributed by atoms with Gasteiger partial charge in [0.15, 0.2) is 5.13 Å². The third kappa shape index (κ3) is 5.70. The summed E-state index contributed by atoms with van der Waals surface area (Å²) in [4.78, 5) is 26.4. The lowest BCUT2D eigenvalue weighted by atomic mass is 9.94. The number of aromatic nitrogens is 3. The summed E-state index contributed by atoms with van der Waals surface area (Å²) in [6.07, 6.45) is 1.63. The van der Waals surface area contributed by atoms with Crippen molar-refractivity contribution >= 4 is 22.4 Å². The van der Waals surface area contributed by atoms with Crippen LogP contribution in [0.3, 0.4) is 0 Å². The molecule has 1 atom stereocenters. The fourth-order valence-corrected chi connectivity index (χ4v) is 4.04. The Labute approximate surface area is 158 Å². The van der Waals surface area contributed by atoms with E-state index >= 15 is 0 Å². The minimum Gasteiger partial charge on any atom is -0.302 e. The second-order valence-electron chi connectivity index (χ2n) is 6.65. The molecule has 3 heterocycles. The lowest BCUT2D eigenvalue weighted by molar-refractivity contribution is -0.138. The molecule has 0 unspecified atom stereocenters. The largest absolute Gasteiger partial charge is 0.419 e. The van der Waals surface area contributed by atoms with Gasteiger partial charge < -0.3 is 5.32 Å². The third-order valence-corrected chi connectivity index (χ3v) is 5.22. The SMILES string of the molecule is CC(=O)Nc1ncc(CN2CCC[C@H](Cc3ncc(C(F)(F)F)cn3)C2)s1. The smallest absolute Gasteiger partial charge is 0.302 e. The summed E-state index contributed by atoms with van der Waals surface area (Å²) < 4.78 is 37.8. The second kappa shape index (κ2) is 8.30. The molecule has 146 valence electrons. The number of carbonyl (C=O) groups is 1. The predicted molar refractivity (Wildman–Crippen MR) is 95.2 cm³/mol. The van der Waals surface area contributed by atoms with E-state index in [1.165, 1.54) is 18.3 Å². The Kier molecular flexibility index (Phi) is 6.05. The van der Waals surface area contributed by atoms with Gasteiger partial charge in [-0.1, -0.05) is 0 Å². The van der Waals surface area contributed by atoms with Crippen LogP contribution in [-0.4, -0.2) is 38.8 Å². The predicted octanol–water partition coefficient (Wildman–Crippen LogP) is 3.37. The molecule has 1 aliphatic rings. The highest BCUT2D eigenvalue weighted by Crippen LogP contribution is 2.28. The quantitative estimate of drug-likeness (QED) is 0.835. The van der Waals surface area contributed by atoms with Gasteiger partial charge in [-0.2, -0.15) is 13.2 Å². The average Bonchev–Trinajstić information content (AvgIpc) is 3.01. The minimum atomic E-state index is -4.41. The van der Waals surface area contributed by atoms with Crippen LogP contribution in [-0.2, 0) is 23.9 Å². The van der Waals surface area contributed by atoms with Crippen molar-refractivity contribution in [2.75, 3.05) is 18.4 Å². The summed E-state index contributed by atoms with van der Waals surface area (Å²) in [5.74, 6) is 0.601. The molecule has 27 heavy (non-hydrogen) atoms. The molecule has 0 aliphatic carbocycles. The minimum absolute atomic E-state index is 0.148. The van der Waals surface area contributed by atoms with Crippen LogP contribution in [0.15, 0.2) is 18.6 Å². The highest BCUT2D eigenvalue weighted by molar-refractivity contribution is 7.15. The Hall–Kier alpha value is -2.07. The molecule has 2 aromatic heterocycles. The maximum atomic E-state index is 12.6. The van der Waals surface area contributed by atoms with Crippen LogP contribution in [0.5, 0.6) is 0 Å². The summed E-state index contributed by atoms with van der Waals surface area (Å²) in [7, 11) is 0. The molecule has 0 spiro atoms. The number of halogens is 3. The van der Waals surface area contributed by atoms with Crippen molar-refractivity contribution in [3.8, 4) is 0 Å². The zero-order chi connectivity index (χ0) is 19.4. The fourth-order valence-electron chi connectivity index (χ4n) is 3.14. The molecule has 2 aromatic rings. The number of hydrogen-bond acceptors (Lipinski definition) is 6. The number of alkyl halides is 3. The van der Waals surface area contributed by atoms with Crippen molar-refractivity contribution < 1.29 is 18.0 Å². The van der Waals surface area contributed by atoms with Gasteiger partial charge in [0.1, 0.15) is 5.82 Å². The van der Waals surface area contributed by atoms with E-state index in [1.54, 1.807) is 6.20 Å². The average molecular weight is 399 g/mol. The zero-order valence-corrected chi connectivity index (χ0v) is 15.6. The molecule has 1 aliphatic heterocycles. The van der Waals surface area contributed by atoms with E-state index in [-0.39, 0.29) is 5.91 Å². The molecule has 0 bridgehead atoms. The Morgan fingerprint density at radius 2 is 2.04 bits per heavy atom. The van der Waals surface area contributed by atoms with Gasteiger partial charge in [-0.15, -0.1) is 11.3 Å². The normalized spacial score (nSPS) is 18.4. The van der Waals surface area contributed by atoms with Gasteiger partial charge in [-0.05, 0) is 25.3 Å². The molecule has 3 rings (SSSR count). The standard InChI is InChI=1S/C17H20F3N5OS/c1-11(26)24-16-23-8-14(27-16)10-25-4-2-3-12(9-25)5-15-21-6-13(7-22-15)17(18,19)20/h6-8,12H,2-5,9-10H2,1H3,(H,23,24,26)/t12-/m1/s1. The van der Waals surface area contributed by atoms with Crippen molar-refractivity contribution in [2.24, 2.45) is 5.92 Å². The highest BCUT2D eigenvalue weighted by atomic mass is 32.1. The molecule has 6 nitrogen and oxygen atoms in total. The highest BCUT2D eigenvalue weighted by Gasteiger charge is 2.31. The summed E-state index contributed by atoms with van der Waals surface area (Å²) in [6, 6.07) is 0.